The van der Waals surface area contributed by atoms with Gasteiger partial charge in [-0.3, -0.25) is 0 Å². The molecule has 1 rings (SSSR count). The Labute approximate surface area is 107 Å². The maximum Gasteiger partial charge on any atom is 0.126 e. The number of benzene rings is 1. The van der Waals surface area contributed by atoms with Gasteiger partial charge in [-0.05, 0) is 24.5 Å². The lowest BCUT2D eigenvalue weighted by Gasteiger charge is -2.21. The summed E-state index contributed by atoms with van der Waals surface area (Å²) in [5.41, 5.74) is 0.764. The van der Waals surface area contributed by atoms with Crippen LogP contribution in [-0.2, 0) is 4.74 Å². The van der Waals surface area contributed by atoms with Crippen molar-refractivity contribution < 1.29 is 14.6 Å². The zero-order valence-electron chi connectivity index (χ0n) is 10.4. The number of halogens is 1. The molecule has 3 nitrogen and oxygen atoms in total. The molecule has 2 atom stereocenters. The number of hydrogen-bond donors (Lipinski definition) is 1. The van der Waals surface area contributed by atoms with Crippen molar-refractivity contribution in [2.75, 3.05) is 20.8 Å². The van der Waals surface area contributed by atoms with Crippen molar-refractivity contribution >= 4 is 11.6 Å². The summed E-state index contributed by atoms with van der Waals surface area (Å²) in [6.07, 6.45) is 0.223. The van der Waals surface area contributed by atoms with Crippen LogP contribution < -0.4 is 4.74 Å². The van der Waals surface area contributed by atoms with Crippen molar-refractivity contribution in [2.45, 2.75) is 19.4 Å². The minimum atomic E-state index is -0.572. The van der Waals surface area contributed by atoms with Crippen LogP contribution in [0.5, 0.6) is 5.75 Å². The van der Waals surface area contributed by atoms with Crippen LogP contribution in [0.2, 0.25) is 5.02 Å². The molecule has 0 amide bonds. The first-order valence-electron chi connectivity index (χ1n) is 5.60. The van der Waals surface area contributed by atoms with Crippen molar-refractivity contribution in [3.8, 4) is 5.75 Å². The quantitative estimate of drug-likeness (QED) is 0.852. The number of methoxy groups -OCH3 is 2. The summed E-state index contributed by atoms with van der Waals surface area (Å²) in [6.45, 7) is 2.62. The van der Waals surface area contributed by atoms with Gasteiger partial charge in [-0.25, -0.2) is 0 Å². The first-order chi connectivity index (χ1) is 8.10. The number of aliphatic hydroxyl groups is 1. The van der Waals surface area contributed by atoms with Gasteiger partial charge >= 0.3 is 0 Å². The van der Waals surface area contributed by atoms with Crippen molar-refractivity contribution in [3.05, 3.63) is 28.8 Å². The summed E-state index contributed by atoms with van der Waals surface area (Å²) in [6, 6.07) is 5.27. The zero-order valence-corrected chi connectivity index (χ0v) is 11.2. The topological polar surface area (TPSA) is 38.7 Å². The molecule has 0 radical (unpaired) electrons. The molecule has 0 heterocycles. The van der Waals surface area contributed by atoms with Gasteiger partial charge in [0.25, 0.3) is 0 Å². The third-order valence-corrected chi connectivity index (χ3v) is 3.07. The highest BCUT2D eigenvalue weighted by atomic mass is 35.5. The van der Waals surface area contributed by atoms with Crippen molar-refractivity contribution in [1.82, 2.24) is 0 Å². The van der Waals surface area contributed by atoms with E-state index < -0.39 is 6.10 Å². The van der Waals surface area contributed by atoms with Crippen LogP contribution in [0, 0.1) is 5.92 Å². The molecule has 4 heteroatoms. The van der Waals surface area contributed by atoms with Crippen molar-refractivity contribution in [2.24, 2.45) is 5.92 Å². The van der Waals surface area contributed by atoms with Gasteiger partial charge in [0.15, 0.2) is 0 Å². The molecule has 0 saturated heterocycles. The molecule has 96 valence electrons. The molecule has 1 aromatic carbocycles. The van der Waals surface area contributed by atoms with E-state index in [1.807, 2.05) is 6.92 Å². The van der Waals surface area contributed by atoms with E-state index in [1.165, 1.54) is 0 Å². The number of aliphatic hydroxyl groups excluding tert-OH is 1. The van der Waals surface area contributed by atoms with E-state index in [-0.39, 0.29) is 5.92 Å². The van der Waals surface area contributed by atoms with Gasteiger partial charge in [0.1, 0.15) is 5.75 Å². The lowest BCUT2D eigenvalue weighted by Crippen LogP contribution is -2.12. The standard InChI is InChI=1S/C13H19ClO3/c1-9(6-7-16-2)13(15)11-5-4-10(14)8-12(11)17-3/h4-5,8-9,13,15H,6-7H2,1-3H3. The molecule has 0 fully saturated rings. The van der Waals surface area contributed by atoms with Crippen LogP contribution in [0.1, 0.15) is 25.0 Å². The molecule has 0 aromatic heterocycles. The molecule has 2 unspecified atom stereocenters. The minimum Gasteiger partial charge on any atom is -0.496 e. The highest BCUT2D eigenvalue weighted by Gasteiger charge is 2.20. The Morgan fingerprint density at radius 2 is 2.06 bits per heavy atom. The molecule has 0 bridgehead atoms. The second kappa shape index (κ2) is 6.84. The zero-order chi connectivity index (χ0) is 12.8. The third-order valence-electron chi connectivity index (χ3n) is 2.83. The summed E-state index contributed by atoms with van der Waals surface area (Å²) in [5.74, 6) is 0.722. The predicted octanol–water partition coefficient (Wildman–Crippen LogP) is 3.05. The van der Waals surface area contributed by atoms with Crippen molar-refractivity contribution in [3.63, 3.8) is 0 Å². The fourth-order valence-electron chi connectivity index (χ4n) is 1.70. The van der Waals surface area contributed by atoms with E-state index in [0.29, 0.717) is 17.4 Å². The average Bonchev–Trinajstić information content (AvgIpc) is 2.34. The Balaban J connectivity index is 2.83. The van der Waals surface area contributed by atoms with Gasteiger partial charge in [0, 0.05) is 24.3 Å². The summed E-state index contributed by atoms with van der Waals surface area (Å²) in [5, 5.41) is 10.8. The van der Waals surface area contributed by atoms with Crippen LogP contribution in [0.25, 0.3) is 0 Å². The Morgan fingerprint density at radius 3 is 2.65 bits per heavy atom. The molecular formula is C13H19ClO3. The molecule has 1 N–H and O–H groups in total. The molecule has 0 saturated carbocycles. The van der Waals surface area contributed by atoms with Gasteiger partial charge < -0.3 is 14.6 Å². The normalized spacial score (nSPS) is 14.4. The first-order valence-corrected chi connectivity index (χ1v) is 5.98. The van der Waals surface area contributed by atoms with Crippen LogP contribution in [0.15, 0.2) is 18.2 Å². The minimum absolute atomic E-state index is 0.102. The highest BCUT2D eigenvalue weighted by Crippen LogP contribution is 2.33. The van der Waals surface area contributed by atoms with E-state index in [1.54, 1.807) is 32.4 Å². The molecule has 1 aromatic rings. The van der Waals surface area contributed by atoms with Crippen LogP contribution >= 0.6 is 11.6 Å². The SMILES string of the molecule is COCCC(C)C(O)c1ccc(Cl)cc1OC. The van der Waals surface area contributed by atoms with E-state index in [2.05, 4.69) is 0 Å². The molecular weight excluding hydrogens is 240 g/mol. The second-order valence-corrected chi connectivity index (χ2v) is 4.53. The molecule has 0 aliphatic heterocycles. The smallest absolute Gasteiger partial charge is 0.126 e. The Bertz CT molecular complexity index is 355. The summed E-state index contributed by atoms with van der Waals surface area (Å²) >= 11 is 5.88. The summed E-state index contributed by atoms with van der Waals surface area (Å²) < 4.78 is 10.2. The molecule has 0 aliphatic rings. The highest BCUT2D eigenvalue weighted by molar-refractivity contribution is 6.30. The van der Waals surface area contributed by atoms with Gasteiger partial charge in [0.2, 0.25) is 0 Å². The van der Waals surface area contributed by atoms with E-state index >= 15 is 0 Å². The maximum atomic E-state index is 10.2. The fourth-order valence-corrected chi connectivity index (χ4v) is 1.86. The van der Waals surface area contributed by atoms with E-state index in [9.17, 15) is 5.11 Å². The molecule has 0 spiro atoms. The Kier molecular flexibility index (Phi) is 5.75. The van der Waals surface area contributed by atoms with Gasteiger partial charge in [-0.15, -0.1) is 0 Å². The lowest BCUT2D eigenvalue weighted by molar-refractivity contribution is 0.0866. The number of ether oxygens (including phenoxy) is 2. The maximum absolute atomic E-state index is 10.2. The fraction of sp³-hybridized carbons (Fsp3) is 0.538. The Hall–Kier alpha value is -0.770. The summed E-state index contributed by atoms with van der Waals surface area (Å²) in [4.78, 5) is 0. The van der Waals surface area contributed by atoms with Crippen LogP contribution in [0.4, 0.5) is 0 Å². The predicted molar refractivity (Wildman–Crippen MR) is 68.6 cm³/mol. The van der Waals surface area contributed by atoms with Crippen LogP contribution in [-0.4, -0.2) is 25.9 Å². The monoisotopic (exact) mass is 258 g/mol. The van der Waals surface area contributed by atoms with E-state index in [4.69, 9.17) is 21.1 Å². The number of hydrogen-bond acceptors (Lipinski definition) is 3. The van der Waals surface area contributed by atoms with Gasteiger partial charge in [-0.1, -0.05) is 24.6 Å². The second-order valence-electron chi connectivity index (χ2n) is 4.09. The largest absolute Gasteiger partial charge is 0.496 e. The van der Waals surface area contributed by atoms with Crippen molar-refractivity contribution in [1.29, 1.82) is 0 Å². The lowest BCUT2D eigenvalue weighted by atomic mass is 9.94. The third kappa shape index (κ3) is 3.87. The Morgan fingerprint density at radius 1 is 1.35 bits per heavy atom. The first kappa shape index (κ1) is 14.3. The number of rotatable bonds is 6. The van der Waals surface area contributed by atoms with Crippen LogP contribution in [0.3, 0.4) is 0 Å². The van der Waals surface area contributed by atoms with Gasteiger partial charge in [-0.2, -0.15) is 0 Å². The average molecular weight is 259 g/mol. The van der Waals surface area contributed by atoms with Gasteiger partial charge in [0.05, 0.1) is 13.2 Å². The molecule has 0 aliphatic carbocycles. The molecule has 17 heavy (non-hydrogen) atoms. The summed E-state index contributed by atoms with van der Waals surface area (Å²) in [7, 11) is 3.23. The van der Waals surface area contributed by atoms with E-state index in [0.717, 1.165) is 12.0 Å².